The van der Waals surface area contributed by atoms with E-state index < -0.39 is 6.04 Å². The molecule has 0 bridgehead atoms. The minimum absolute atomic E-state index is 0.0586. The highest BCUT2D eigenvalue weighted by Gasteiger charge is 2.35. The van der Waals surface area contributed by atoms with Gasteiger partial charge in [-0.05, 0) is 24.5 Å². The number of nitrogens with one attached hydrogen (secondary N) is 1. The Morgan fingerprint density at radius 3 is 2.45 bits per heavy atom. The molecule has 0 radical (unpaired) electrons. The smallest absolute Gasteiger partial charge is 0.250 e. The van der Waals surface area contributed by atoms with Crippen molar-refractivity contribution in [1.82, 2.24) is 5.32 Å². The first-order chi connectivity index (χ1) is 9.40. The van der Waals surface area contributed by atoms with Crippen molar-refractivity contribution < 1.29 is 9.59 Å². The second kappa shape index (κ2) is 6.02. The summed E-state index contributed by atoms with van der Waals surface area (Å²) < 4.78 is 0. The third-order valence-electron chi connectivity index (χ3n) is 3.12. The Labute approximate surface area is 128 Å². The van der Waals surface area contributed by atoms with Gasteiger partial charge in [-0.1, -0.05) is 43.1 Å². The summed E-state index contributed by atoms with van der Waals surface area (Å²) in [4.78, 5) is 25.7. The first kappa shape index (κ1) is 15.1. The molecule has 0 saturated carbocycles. The molecule has 1 aliphatic rings. The molecule has 1 heterocycles. The van der Waals surface area contributed by atoms with Crippen LogP contribution in [0, 0.1) is 5.92 Å². The number of anilines is 1. The van der Waals surface area contributed by atoms with Gasteiger partial charge in [-0.15, -0.1) is 0 Å². The van der Waals surface area contributed by atoms with E-state index in [1.165, 1.54) is 4.90 Å². The van der Waals surface area contributed by atoms with Gasteiger partial charge in [-0.2, -0.15) is 0 Å². The van der Waals surface area contributed by atoms with Gasteiger partial charge in [0.25, 0.3) is 0 Å². The molecular weight excluding hydrogens is 299 g/mol. The molecule has 4 nitrogen and oxygen atoms in total. The van der Waals surface area contributed by atoms with Crippen LogP contribution in [0.5, 0.6) is 0 Å². The fraction of sp³-hybridized carbons (Fsp3) is 0.429. The lowest BCUT2D eigenvalue weighted by Gasteiger charge is -2.34. The summed E-state index contributed by atoms with van der Waals surface area (Å²) in [6, 6.07) is 4.48. The number of hydrogen-bond acceptors (Lipinski definition) is 2. The van der Waals surface area contributed by atoms with E-state index in [0.717, 1.165) is 0 Å². The summed E-state index contributed by atoms with van der Waals surface area (Å²) in [5.74, 6) is -0.0783. The summed E-state index contributed by atoms with van der Waals surface area (Å²) in [5, 5.41) is 3.45. The average Bonchev–Trinajstić information content (AvgIpc) is 2.33. The Bertz CT molecular complexity index is 526. The van der Waals surface area contributed by atoms with Gasteiger partial charge in [0.05, 0.1) is 15.7 Å². The maximum absolute atomic E-state index is 12.5. The van der Waals surface area contributed by atoms with Gasteiger partial charge in [0.1, 0.15) is 12.6 Å². The zero-order valence-corrected chi connectivity index (χ0v) is 12.8. The van der Waals surface area contributed by atoms with Crippen molar-refractivity contribution in [2.24, 2.45) is 5.92 Å². The number of halogens is 2. The van der Waals surface area contributed by atoms with E-state index in [0.29, 0.717) is 28.1 Å². The van der Waals surface area contributed by atoms with E-state index in [4.69, 9.17) is 23.2 Å². The molecule has 108 valence electrons. The van der Waals surface area contributed by atoms with E-state index in [9.17, 15) is 9.59 Å². The molecule has 20 heavy (non-hydrogen) atoms. The van der Waals surface area contributed by atoms with Crippen LogP contribution in [0.2, 0.25) is 10.0 Å². The number of carbonyl (C=O) groups excluding carboxylic acids is 2. The number of piperazine rings is 1. The minimum atomic E-state index is -0.524. The van der Waals surface area contributed by atoms with Crippen LogP contribution in [0.25, 0.3) is 0 Å². The molecule has 1 atom stereocenters. The summed E-state index contributed by atoms with van der Waals surface area (Å²) in [5.41, 5.74) is 0.407. The lowest BCUT2D eigenvalue weighted by Crippen LogP contribution is -2.58. The molecule has 1 fully saturated rings. The number of hydrogen-bond donors (Lipinski definition) is 1. The quantitative estimate of drug-likeness (QED) is 0.932. The Morgan fingerprint density at radius 1 is 1.30 bits per heavy atom. The molecule has 0 aliphatic carbocycles. The van der Waals surface area contributed by atoms with Gasteiger partial charge in [0, 0.05) is 0 Å². The highest BCUT2D eigenvalue weighted by molar-refractivity contribution is 6.40. The van der Waals surface area contributed by atoms with Gasteiger partial charge >= 0.3 is 0 Å². The molecule has 1 saturated heterocycles. The fourth-order valence-electron chi connectivity index (χ4n) is 2.28. The number of benzene rings is 1. The zero-order valence-electron chi connectivity index (χ0n) is 11.3. The summed E-state index contributed by atoms with van der Waals surface area (Å²) in [6.07, 6.45) is 0.586. The van der Waals surface area contributed by atoms with Crippen molar-refractivity contribution in [2.45, 2.75) is 26.3 Å². The Morgan fingerprint density at radius 2 is 1.90 bits per heavy atom. The molecule has 1 N–H and O–H groups in total. The molecular formula is C14H16Cl2N2O2. The van der Waals surface area contributed by atoms with Crippen molar-refractivity contribution in [2.75, 3.05) is 11.4 Å². The Kier molecular flexibility index (Phi) is 4.55. The molecule has 1 aromatic rings. The fourth-order valence-corrected chi connectivity index (χ4v) is 2.88. The number of amides is 2. The Balaban J connectivity index is 2.35. The van der Waals surface area contributed by atoms with Crippen molar-refractivity contribution in [3.8, 4) is 0 Å². The van der Waals surface area contributed by atoms with Crippen LogP contribution in [-0.4, -0.2) is 24.4 Å². The van der Waals surface area contributed by atoms with Gasteiger partial charge < -0.3 is 5.32 Å². The highest BCUT2D eigenvalue weighted by Crippen LogP contribution is 2.34. The van der Waals surface area contributed by atoms with E-state index in [1.807, 2.05) is 13.8 Å². The predicted octanol–water partition coefficient (Wildman–Crippen LogP) is 2.87. The first-order valence-electron chi connectivity index (χ1n) is 6.45. The Hall–Kier alpha value is -1.26. The van der Waals surface area contributed by atoms with Gasteiger partial charge in [-0.3, -0.25) is 14.5 Å². The maximum Gasteiger partial charge on any atom is 0.250 e. The highest BCUT2D eigenvalue weighted by atomic mass is 35.5. The monoisotopic (exact) mass is 314 g/mol. The van der Waals surface area contributed by atoms with Crippen molar-refractivity contribution >= 4 is 40.7 Å². The number of nitrogens with zero attached hydrogens (tertiary/aromatic N) is 1. The standard InChI is InChI=1S/C14H16Cl2N2O2/c1-8(2)6-11-14(20)18(7-12(19)17-11)13-9(15)4-3-5-10(13)16/h3-5,8,11H,6-7H2,1-2H3,(H,17,19). The number of carbonyl (C=O) groups is 2. The molecule has 1 unspecified atom stereocenters. The molecule has 1 aliphatic heterocycles. The van der Waals surface area contributed by atoms with Crippen LogP contribution in [0.1, 0.15) is 20.3 Å². The van der Waals surface area contributed by atoms with E-state index in [-0.39, 0.29) is 18.4 Å². The summed E-state index contributed by atoms with van der Waals surface area (Å²) in [6.45, 7) is 3.94. The van der Waals surface area contributed by atoms with Gasteiger partial charge in [-0.25, -0.2) is 0 Å². The minimum Gasteiger partial charge on any atom is -0.343 e. The molecule has 6 heteroatoms. The molecule has 2 rings (SSSR count). The normalized spacial score (nSPS) is 19.4. The van der Waals surface area contributed by atoms with Gasteiger partial charge in [0.15, 0.2) is 0 Å². The van der Waals surface area contributed by atoms with E-state index in [1.54, 1.807) is 18.2 Å². The lowest BCUT2D eigenvalue weighted by molar-refractivity contribution is -0.131. The van der Waals surface area contributed by atoms with Crippen LogP contribution >= 0.6 is 23.2 Å². The van der Waals surface area contributed by atoms with Crippen LogP contribution < -0.4 is 10.2 Å². The van der Waals surface area contributed by atoms with Crippen molar-refractivity contribution in [3.05, 3.63) is 28.2 Å². The first-order valence-corrected chi connectivity index (χ1v) is 7.20. The van der Waals surface area contributed by atoms with Gasteiger partial charge in [0.2, 0.25) is 11.8 Å². The molecule has 1 aromatic carbocycles. The molecule has 0 aromatic heterocycles. The maximum atomic E-state index is 12.5. The van der Waals surface area contributed by atoms with Crippen LogP contribution in [0.3, 0.4) is 0 Å². The predicted molar refractivity (Wildman–Crippen MR) is 80.2 cm³/mol. The topological polar surface area (TPSA) is 49.4 Å². The molecule has 0 spiro atoms. The van der Waals surface area contributed by atoms with E-state index >= 15 is 0 Å². The summed E-state index contributed by atoms with van der Waals surface area (Å²) >= 11 is 12.2. The van der Waals surface area contributed by atoms with Crippen LogP contribution in [0.15, 0.2) is 18.2 Å². The van der Waals surface area contributed by atoms with Crippen LogP contribution in [0.4, 0.5) is 5.69 Å². The third-order valence-corrected chi connectivity index (χ3v) is 3.73. The van der Waals surface area contributed by atoms with Crippen molar-refractivity contribution in [3.63, 3.8) is 0 Å². The van der Waals surface area contributed by atoms with E-state index in [2.05, 4.69) is 5.32 Å². The largest absolute Gasteiger partial charge is 0.343 e. The SMILES string of the molecule is CC(C)CC1NC(=O)CN(c2c(Cl)cccc2Cl)C1=O. The lowest BCUT2D eigenvalue weighted by atomic mass is 10.0. The second-order valence-electron chi connectivity index (χ2n) is 5.24. The van der Waals surface area contributed by atoms with Crippen LogP contribution in [-0.2, 0) is 9.59 Å². The zero-order chi connectivity index (χ0) is 14.9. The molecule has 2 amide bonds. The average molecular weight is 315 g/mol. The number of rotatable bonds is 3. The summed E-state index contributed by atoms with van der Waals surface area (Å²) in [7, 11) is 0. The second-order valence-corrected chi connectivity index (χ2v) is 6.06. The number of para-hydroxylation sites is 1. The third kappa shape index (κ3) is 3.07. The van der Waals surface area contributed by atoms with Crippen molar-refractivity contribution in [1.29, 1.82) is 0 Å².